The van der Waals surface area contributed by atoms with Gasteiger partial charge in [0.2, 0.25) is 0 Å². The number of halogens is 1. The van der Waals surface area contributed by atoms with Gasteiger partial charge in [-0.2, -0.15) is 0 Å². The Morgan fingerprint density at radius 2 is 1.82 bits per heavy atom. The van der Waals surface area contributed by atoms with Crippen molar-refractivity contribution in [2.75, 3.05) is 7.11 Å². The molecule has 0 heterocycles. The Bertz CT molecular complexity index is 520. The maximum absolute atomic E-state index is 13.6. The molecular weight excluding hydrogens is 215 g/mol. The van der Waals surface area contributed by atoms with Crippen LogP contribution in [0.1, 0.15) is 12.5 Å². The number of methoxy groups -OCH3 is 1. The summed E-state index contributed by atoms with van der Waals surface area (Å²) in [6.45, 7) is 2.10. The molecule has 0 amide bonds. The first-order valence-corrected chi connectivity index (χ1v) is 5.67. The van der Waals surface area contributed by atoms with Crippen molar-refractivity contribution < 1.29 is 9.13 Å². The number of hydrogen-bond donors (Lipinski definition) is 0. The molecule has 2 rings (SSSR count). The van der Waals surface area contributed by atoms with Crippen molar-refractivity contribution in [1.82, 2.24) is 0 Å². The van der Waals surface area contributed by atoms with Gasteiger partial charge in [0, 0.05) is 0 Å². The molecule has 2 aromatic carbocycles. The topological polar surface area (TPSA) is 9.23 Å². The second kappa shape index (κ2) is 5.00. The lowest BCUT2D eigenvalue weighted by atomic mass is 10.0. The van der Waals surface area contributed by atoms with Gasteiger partial charge in [-0.05, 0) is 35.2 Å². The van der Waals surface area contributed by atoms with E-state index in [0.717, 1.165) is 17.5 Å². The maximum atomic E-state index is 13.6. The largest absolute Gasteiger partial charge is 0.494 e. The van der Waals surface area contributed by atoms with E-state index in [-0.39, 0.29) is 11.6 Å². The lowest BCUT2D eigenvalue weighted by Crippen LogP contribution is -1.89. The molecule has 0 N–H and O–H groups in total. The van der Waals surface area contributed by atoms with Crippen molar-refractivity contribution in [2.24, 2.45) is 0 Å². The summed E-state index contributed by atoms with van der Waals surface area (Å²) in [5.74, 6) is -0.0488. The van der Waals surface area contributed by atoms with Crippen LogP contribution >= 0.6 is 0 Å². The summed E-state index contributed by atoms with van der Waals surface area (Å²) < 4.78 is 18.5. The molecule has 0 bridgehead atoms. The van der Waals surface area contributed by atoms with Crippen molar-refractivity contribution in [2.45, 2.75) is 13.3 Å². The van der Waals surface area contributed by atoms with E-state index in [4.69, 9.17) is 4.74 Å². The molecule has 2 heteroatoms. The van der Waals surface area contributed by atoms with Crippen LogP contribution in [0.25, 0.3) is 11.1 Å². The van der Waals surface area contributed by atoms with Crippen molar-refractivity contribution in [1.29, 1.82) is 0 Å². The van der Waals surface area contributed by atoms with Gasteiger partial charge in [0.25, 0.3) is 0 Å². The van der Waals surface area contributed by atoms with Gasteiger partial charge in [-0.15, -0.1) is 0 Å². The second-order valence-electron chi connectivity index (χ2n) is 3.90. The highest BCUT2D eigenvalue weighted by atomic mass is 19.1. The van der Waals surface area contributed by atoms with E-state index in [9.17, 15) is 4.39 Å². The van der Waals surface area contributed by atoms with E-state index < -0.39 is 0 Å². The van der Waals surface area contributed by atoms with Crippen LogP contribution in [0, 0.1) is 5.82 Å². The van der Waals surface area contributed by atoms with Crippen LogP contribution in [0.2, 0.25) is 0 Å². The minimum Gasteiger partial charge on any atom is -0.494 e. The molecule has 0 aliphatic carbocycles. The fourth-order valence-corrected chi connectivity index (χ4v) is 1.82. The highest BCUT2D eigenvalue weighted by Crippen LogP contribution is 2.26. The molecule has 0 fully saturated rings. The average Bonchev–Trinajstić information content (AvgIpc) is 2.38. The van der Waals surface area contributed by atoms with Gasteiger partial charge in [-0.3, -0.25) is 0 Å². The van der Waals surface area contributed by atoms with Crippen LogP contribution in [0.3, 0.4) is 0 Å². The lowest BCUT2D eigenvalue weighted by molar-refractivity contribution is 0.386. The van der Waals surface area contributed by atoms with Gasteiger partial charge in [0.1, 0.15) is 0 Å². The SMILES string of the molecule is CCc1cccc(-c2ccc(OC)c(F)c2)c1. The summed E-state index contributed by atoms with van der Waals surface area (Å²) in [6, 6.07) is 13.2. The zero-order valence-corrected chi connectivity index (χ0v) is 10.0. The Balaban J connectivity index is 2.42. The molecule has 0 saturated heterocycles. The fraction of sp³-hybridized carbons (Fsp3) is 0.200. The Kier molecular flexibility index (Phi) is 3.43. The lowest BCUT2D eigenvalue weighted by Gasteiger charge is -2.06. The van der Waals surface area contributed by atoms with Crippen LogP contribution in [0.5, 0.6) is 5.75 Å². The predicted molar refractivity (Wildman–Crippen MR) is 67.8 cm³/mol. The molecule has 0 aromatic heterocycles. The average molecular weight is 230 g/mol. The number of benzene rings is 2. The third-order valence-corrected chi connectivity index (χ3v) is 2.82. The molecule has 0 unspecified atom stereocenters. The smallest absolute Gasteiger partial charge is 0.165 e. The Labute approximate surface area is 101 Å². The number of rotatable bonds is 3. The molecule has 0 aliphatic heterocycles. The van der Waals surface area contributed by atoms with Crippen LogP contribution in [0.15, 0.2) is 42.5 Å². The number of ether oxygens (including phenoxy) is 1. The van der Waals surface area contributed by atoms with Crippen molar-refractivity contribution >= 4 is 0 Å². The van der Waals surface area contributed by atoms with E-state index in [1.165, 1.54) is 18.7 Å². The fourth-order valence-electron chi connectivity index (χ4n) is 1.82. The first-order valence-electron chi connectivity index (χ1n) is 5.67. The normalized spacial score (nSPS) is 10.3. The Hall–Kier alpha value is -1.83. The summed E-state index contributed by atoms with van der Waals surface area (Å²) in [7, 11) is 1.47. The van der Waals surface area contributed by atoms with Crippen LogP contribution in [0.4, 0.5) is 4.39 Å². The highest BCUT2D eigenvalue weighted by Gasteiger charge is 2.05. The van der Waals surface area contributed by atoms with Gasteiger partial charge in [-0.1, -0.05) is 37.3 Å². The van der Waals surface area contributed by atoms with Gasteiger partial charge in [0.15, 0.2) is 11.6 Å². The quantitative estimate of drug-likeness (QED) is 0.772. The van der Waals surface area contributed by atoms with Gasteiger partial charge in [-0.25, -0.2) is 4.39 Å². The Morgan fingerprint density at radius 1 is 1.06 bits per heavy atom. The van der Waals surface area contributed by atoms with Gasteiger partial charge in [0.05, 0.1) is 7.11 Å². The predicted octanol–water partition coefficient (Wildman–Crippen LogP) is 4.06. The van der Waals surface area contributed by atoms with Gasteiger partial charge < -0.3 is 4.74 Å². The summed E-state index contributed by atoms with van der Waals surface area (Å²) in [4.78, 5) is 0. The van der Waals surface area contributed by atoms with E-state index in [1.54, 1.807) is 6.07 Å². The molecule has 2 aromatic rings. The monoisotopic (exact) mass is 230 g/mol. The zero-order valence-electron chi connectivity index (χ0n) is 10.0. The molecule has 0 saturated carbocycles. The molecular formula is C15H15FO. The molecule has 0 spiro atoms. The molecule has 0 aliphatic rings. The van der Waals surface area contributed by atoms with E-state index in [2.05, 4.69) is 19.1 Å². The van der Waals surface area contributed by atoms with E-state index in [1.807, 2.05) is 18.2 Å². The van der Waals surface area contributed by atoms with Crippen molar-refractivity contribution in [3.8, 4) is 16.9 Å². The summed E-state index contributed by atoms with van der Waals surface area (Å²) in [5, 5.41) is 0. The van der Waals surface area contributed by atoms with Crippen LogP contribution in [-0.2, 0) is 6.42 Å². The summed E-state index contributed by atoms with van der Waals surface area (Å²) in [6.07, 6.45) is 0.979. The highest BCUT2D eigenvalue weighted by molar-refractivity contribution is 5.65. The first kappa shape index (κ1) is 11.6. The molecule has 0 atom stereocenters. The van der Waals surface area contributed by atoms with Crippen LogP contribution < -0.4 is 4.74 Å². The minimum absolute atomic E-state index is 0.278. The summed E-state index contributed by atoms with van der Waals surface area (Å²) in [5.41, 5.74) is 3.16. The summed E-state index contributed by atoms with van der Waals surface area (Å²) >= 11 is 0. The number of hydrogen-bond acceptors (Lipinski definition) is 1. The zero-order chi connectivity index (χ0) is 12.3. The minimum atomic E-state index is -0.327. The molecule has 88 valence electrons. The molecule has 0 radical (unpaired) electrons. The molecule has 17 heavy (non-hydrogen) atoms. The standard InChI is InChI=1S/C15H15FO/c1-3-11-5-4-6-12(9-11)13-7-8-15(17-2)14(16)10-13/h4-10H,3H2,1-2H3. The van der Waals surface area contributed by atoms with Crippen molar-refractivity contribution in [3.63, 3.8) is 0 Å². The number of aryl methyl sites for hydroxylation is 1. The second-order valence-corrected chi connectivity index (χ2v) is 3.90. The third-order valence-electron chi connectivity index (χ3n) is 2.82. The Morgan fingerprint density at radius 3 is 2.47 bits per heavy atom. The molecule has 1 nitrogen and oxygen atoms in total. The third kappa shape index (κ3) is 2.47. The van der Waals surface area contributed by atoms with E-state index >= 15 is 0 Å². The maximum Gasteiger partial charge on any atom is 0.165 e. The van der Waals surface area contributed by atoms with Gasteiger partial charge >= 0.3 is 0 Å². The van der Waals surface area contributed by atoms with E-state index in [0.29, 0.717) is 0 Å². The van der Waals surface area contributed by atoms with Crippen LogP contribution in [-0.4, -0.2) is 7.11 Å². The first-order chi connectivity index (χ1) is 8.24. The van der Waals surface area contributed by atoms with Crippen molar-refractivity contribution in [3.05, 3.63) is 53.8 Å².